The van der Waals surface area contributed by atoms with E-state index in [1.807, 2.05) is 0 Å². The first kappa shape index (κ1) is 12.9. The molecule has 1 atom stereocenters. The van der Waals surface area contributed by atoms with Crippen LogP contribution in [0, 0.1) is 0 Å². The molecule has 4 N–H and O–H groups in total. The van der Waals surface area contributed by atoms with Gasteiger partial charge in [-0.2, -0.15) is 0 Å². The van der Waals surface area contributed by atoms with Gasteiger partial charge in [0, 0.05) is 12.5 Å². The highest BCUT2D eigenvalue weighted by atomic mass is 16.4. The molecule has 0 aliphatic heterocycles. The number of hydrogen-bond donors (Lipinski definition) is 3. The monoisotopic (exact) mass is 202 g/mol. The normalized spacial score (nSPS) is 13.4. The molecule has 0 saturated heterocycles. The summed E-state index contributed by atoms with van der Waals surface area (Å²) < 4.78 is 0. The SMILES string of the molecule is CC(CCC(=O)O)NC(=O)C(C)(C)N. The van der Waals surface area contributed by atoms with Crippen molar-refractivity contribution in [2.24, 2.45) is 5.73 Å². The van der Waals surface area contributed by atoms with Gasteiger partial charge >= 0.3 is 5.97 Å². The minimum Gasteiger partial charge on any atom is -0.481 e. The molecule has 0 aliphatic rings. The number of carbonyl (C=O) groups excluding carboxylic acids is 1. The Balaban J connectivity index is 3.89. The molecule has 0 saturated carbocycles. The first-order valence-corrected chi connectivity index (χ1v) is 4.55. The lowest BCUT2D eigenvalue weighted by Gasteiger charge is -2.21. The predicted molar refractivity (Wildman–Crippen MR) is 52.7 cm³/mol. The van der Waals surface area contributed by atoms with Crippen molar-refractivity contribution in [3.8, 4) is 0 Å². The summed E-state index contributed by atoms with van der Waals surface area (Å²) in [6.45, 7) is 4.96. The number of rotatable bonds is 5. The van der Waals surface area contributed by atoms with Gasteiger partial charge < -0.3 is 16.2 Å². The molecule has 0 fully saturated rings. The Morgan fingerprint density at radius 3 is 2.36 bits per heavy atom. The van der Waals surface area contributed by atoms with Gasteiger partial charge in [0.25, 0.3) is 0 Å². The lowest BCUT2D eigenvalue weighted by atomic mass is 10.1. The Morgan fingerprint density at radius 2 is 2.00 bits per heavy atom. The van der Waals surface area contributed by atoms with Crippen molar-refractivity contribution in [2.75, 3.05) is 0 Å². The van der Waals surface area contributed by atoms with Gasteiger partial charge in [0.05, 0.1) is 5.54 Å². The van der Waals surface area contributed by atoms with E-state index >= 15 is 0 Å². The second-order valence-electron chi connectivity index (χ2n) is 4.03. The molecule has 1 amide bonds. The van der Waals surface area contributed by atoms with Gasteiger partial charge in [-0.3, -0.25) is 9.59 Å². The van der Waals surface area contributed by atoms with Gasteiger partial charge in [-0.25, -0.2) is 0 Å². The van der Waals surface area contributed by atoms with Crippen molar-refractivity contribution in [1.29, 1.82) is 0 Å². The van der Waals surface area contributed by atoms with Crippen LogP contribution in [-0.2, 0) is 9.59 Å². The fraction of sp³-hybridized carbons (Fsp3) is 0.778. The van der Waals surface area contributed by atoms with E-state index in [1.165, 1.54) is 0 Å². The Bertz CT molecular complexity index is 221. The highest BCUT2D eigenvalue weighted by Gasteiger charge is 2.23. The maximum Gasteiger partial charge on any atom is 0.303 e. The minimum absolute atomic E-state index is 0.0481. The molecule has 5 heteroatoms. The van der Waals surface area contributed by atoms with E-state index in [2.05, 4.69) is 5.32 Å². The fourth-order valence-electron chi connectivity index (χ4n) is 0.822. The largest absolute Gasteiger partial charge is 0.481 e. The molecule has 0 rings (SSSR count). The average Bonchev–Trinajstić information content (AvgIpc) is 1.99. The fourth-order valence-corrected chi connectivity index (χ4v) is 0.822. The van der Waals surface area contributed by atoms with Crippen LogP contribution in [-0.4, -0.2) is 28.6 Å². The van der Waals surface area contributed by atoms with Crippen LogP contribution in [0.3, 0.4) is 0 Å². The number of carbonyl (C=O) groups is 2. The van der Waals surface area contributed by atoms with Crippen LogP contribution in [0.5, 0.6) is 0 Å². The molecule has 14 heavy (non-hydrogen) atoms. The van der Waals surface area contributed by atoms with Gasteiger partial charge in [-0.05, 0) is 27.2 Å². The van der Waals surface area contributed by atoms with Gasteiger partial charge in [0.15, 0.2) is 0 Å². The van der Waals surface area contributed by atoms with Gasteiger partial charge in [-0.15, -0.1) is 0 Å². The second kappa shape index (κ2) is 4.95. The Morgan fingerprint density at radius 1 is 1.50 bits per heavy atom. The third-order valence-corrected chi connectivity index (χ3v) is 1.75. The standard InChI is InChI=1S/C9H18N2O3/c1-6(4-5-7(12)13)11-8(14)9(2,3)10/h6H,4-5,10H2,1-3H3,(H,11,14)(H,12,13). The quantitative estimate of drug-likeness (QED) is 0.589. The zero-order valence-corrected chi connectivity index (χ0v) is 8.83. The van der Waals surface area contributed by atoms with Gasteiger partial charge in [0.1, 0.15) is 0 Å². The Kier molecular flexibility index (Phi) is 4.56. The lowest BCUT2D eigenvalue weighted by Crippen LogP contribution is -2.51. The summed E-state index contributed by atoms with van der Waals surface area (Å²) in [5.41, 5.74) is 4.64. The maximum absolute atomic E-state index is 11.3. The third kappa shape index (κ3) is 5.53. The molecule has 0 aromatic carbocycles. The summed E-state index contributed by atoms with van der Waals surface area (Å²) in [6, 6.07) is -0.165. The Hall–Kier alpha value is -1.10. The van der Waals surface area contributed by atoms with Gasteiger partial charge in [0.2, 0.25) is 5.91 Å². The minimum atomic E-state index is -0.919. The van der Waals surface area contributed by atoms with Crippen molar-refractivity contribution in [3.63, 3.8) is 0 Å². The number of nitrogens with one attached hydrogen (secondary N) is 1. The van der Waals surface area contributed by atoms with Crippen molar-refractivity contribution < 1.29 is 14.7 Å². The van der Waals surface area contributed by atoms with Crippen LogP contribution < -0.4 is 11.1 Å². The van der Waals surface area contributed by atoms with Crippen LogP contribution in [0.2, 0.25) is 0 Å². The predicted octanol–water partition coefficient (Wildman–Crippen LogP) is 0.0932. The van der Waals surface area contributed by atoms with Crippen LogP contribution in [0.15, 0.2) is 0 Å². The van der Waals surface area contributed by atoms with Crippen molar-refractivity contribution >= 4 is 11.9 Å². The topological polar surface area (TPSA) is 92.4 Å². The van der Waals surface area contributed by atoms with Crippen molar-refractivity contribution in [1.82, 2.24) is 5.32 Å². The highest BCUT2D eigenvalue weighted by molar-refractivity contribution is 5.85. The summed E-state index contributed by atoms with van der Waals surface area (Å²) >= 11 is 0. The van der Waals surface area contributed by atoms with Crippen LogP contribution in [0.4, 0.5) is 0 Å². The molecule has 0 spiro atoms. The van der Waals surface area contributed by atoms with E-state index in [0.717, 1.165) is 0 Å². The molecule has 0 aromatic heterocycles. The summed E-state index contributed by atoms with van der Waals surface area (Å²) in [5, 5.41) is 11.1. The first-order chi connectivity index (χ1) is 6.23. The van der Waals surface area contributed by atoms with E-state index in [-0.39, 0.29) is 18.4 Å². The van der Waals surface area contributed by atoms with E-state index in [0.29, 0.717) is 6.42 Å². The van der Waals surface area contributed by atoms with E-state index in [4.69, 9.17) is 10.8 Å². The number of carboxylic acid groups (broad SMARTS) is 1. The smallest absolute Gasteiger partial charge is 0.303 e. The molecule has 82 valence electrons. The number of amides is 1. The number of carboxylic acids is 1. The number of nitrogens with two attached hydrogens (primary N) is 1. The van der Waals surface area contributed by atoms with Crippen LogP contribution in [0.25, 0.3) is 0 Å². The molecule has 0 aliphatic carbocycles. The molecule has 5 nitrogen and oxygen atoms in total. The van der Waals surface area contributed by atoms with E-state index in [9.17, 15) is 9.59 Å². The first-order valence-electron chi connectivity index (χ1n) is 4.55. The maximum atomic E-state index is 11.3. The summed E-state index contributed by atoms with van der Waals surface area (Å²) in [4.78, 5) is 21.6. The zero-order valence-electron chi connectivity index (χ0n) is 8.83. The summed E-state index contributed by atoms with van der Waals surface area (Å²) in [5.74, 6) is -1.13. The average molecular weight is 202 g/mol. The van der Waals surface area contributed by atoms with Crippen molar-refractivity contribution in [3.05, 3.63) is 0 Å². The third-order valence-electron chi connectivity index (χ3n) is 1.75. The molecular weight excluding hydrogens is 184 g/mol. The van der Waals surface area contributed by atoms with Crippen LogP contribution >= 0.6 is 0 Å². The molecule has 0 heterocycles. The summed E-state index contributed by atoms with van der Waals surface area (Å²) in [7, 11) is 0. The summed E-state index contributed by atoms with van der Waals surface area (Å²) in [6.07, 6.45) is 0.462. The van der Waals surface area contributed by atoms with E-state index in [1.54, 1.807) is 20.8 Å². The lowest BCUT2D eigenvalue weighted by molar-refractivity contribution is -0.137. The Labute approximate surface area is 83.7 Å². The number of aliphatic carboxylic acids is 1. The number of hydrogen-bond acceptors (Lipinski definition) is 3. The van der Waals surface area contributed by atoms with E-state index < -0.39 is 11.5 Å². The highest BCUT2D eigenvalue weighted by Crippen LogP contribution is 2.01. The van der Waals surface area contributed by atoms with Gasteiger partial charge in [-0.1, -0.05) is 0 Å². The molecule has 0 aromatic rings. The second-order valence-corrected chi connectivity index (χ2v) is 4.03. The van der Waals surface area contributed by atoms with Crippen molar-refractivity contribution in [2.45, 2.75) is 45.2 Å². The molecular formula is C9H18N2O3. The zero-order chi connectivity index (χ0) is 11.4. The van der Waals surface area contributed by atoms with Crippen LogP contribution in [0.1, 0.15) is 33.6 Å². The molecule has 1 unspecified atom stereocenters. The molecule has 0 bridgehead atoms. The molecule has 0 radical (unpaired) electrons.